The van der Waals surface area contributed by atoms with Crippen LogP contribution in [-0.2, 0) is 11.2 Å². The van der Waals surface area contributed by atoms with E-state index in [4.69, 9.17) is 4.74 Å². The number of likely N-dealkylation sites (tertiary alicyclic amines) is 1. The molecule has 1 atom stereocenters. The minimum Gasteiger partial charge on any atom is -0.497 e. The summed E-state index contributed by atoms with van der Waals surface area (Å²) in [7, 11) is 1.69. The van der Waals surface area contributed by atoms with Gasteiger partial charge in [-0.05, 0) is 24.1 Å². The second-order valence-corrected chi connectivity index (χ2v) is 5.02. The molecule has 1 aliphatic rings. The summed E-state index contributed by atoms with van der Waals surface area (Å²) in [5, 5.41) is 0. The van der Waals surface area contributed by atoms with E-state index in [1.54, 1.807) is 7.11 Å². The van der Waals surface area contributed by atoms with Crippen LogP contribution in [0, 0.1) is 5.92 Å². The molecule has 0 aliphatic carbocycles. The molecule has 1 heterocycles. The lowest BCUT2D eigenvalue weighted by molar-refractivity contribution is -0.125. The van der Waals surface area contributed by atoms with Crippen molar-refractivity contribution in [2.75, 3.05) is 26.7 Å². The van der Waals surface area contributed by atoms with Crippen molar-refractivity contribution in [3.63, 3.8) is 0 Å². The van der Waals surface area contributed by atoms with Crippen LogP contribution in [0.15, 0.2) is 24.3 Å². The first-order chi connectivity index (χ1) is 8.69. The zero-order chi connectivity index (χ0) is 13.0. The van der Waals surface area contributed by atoms with Crippen LogP contribution in [0.3, 0.4) is 0 Å². The molecule has 3 heteroatoms. The van der Waals surface area contributed by atoms with Crippen LogP contribution >= 0.6 is 0 Å². The topological polar surface area (TPSA) is 29.5 Å². The van der Waals surface area contributed by atoms with Gasteiger partial charge < -0.3 is 9.64 Å². The number of nitrogens with zero attached hydrogens (tertiary/aromatic N) is 1. The Morgan fingerprint density at radius 2 is 2.28 bits per heavy atom. The summed E-state index contributed by atoms with van der Waals surface area (Å²) in [5.41, 5.74) is 1.29. The first-order valence-electron chi connectivity index (χ1n) is 6.57. The molecule has 0 amide bonds. The van der Waals surface area contributed by atoms with Crippen molar-refractivity contribution in [3.8, 4) is 5.75 Å². The highest BCUT2D eigenvalue weighted by atomic mass is 16.5. The quantitative estimate of drug-likeness (QED) is 0.816. The SMILES string of the molecule is COc1cccc(CCN2CCC(=O)C(C)C2)c1. The molecule has 1 fully saturated rings. The summed E-state index contributed by atoms with van der Waals surface area (Å²) in [4.78, 5) is 13.8. The van der Waals surface area contributed by atoms with Crippen molar-refractivity contribution >= 4 is 5.78 Å². The predicted octanol–water partition coefficient (Wildman–Crippen LogP) is 2.15. The lowest BCUT2D eigenvalue weighted by Crippen LogP contribution is -2.40. The third-order valence-electron chi connectivity index (χ3n) is 3.61. The standard InChI is InChI=1S/C15H21NO2/c1-12-11-16(9-7-15(12)17)8-6-13-4-3-5-14(10-13)18-2/h3-5,10,12H,6-9,11H2,1-2H3. The van der Waals surface area contributed by atoms with E-state index in [1.165, 1.54) is 5.56 Å². The van der Waals surface area contributed by atoms with Gasteiger partial charge >= 0.3 is 0 Å². The fourth-order valence-corrected chi connectivity index (χ4v) is 2.41. The van der Waals surface area contributed by atoms with E-state index in [1.807, 2.05) is 19.1 Å². The average Bonchev–Trinajstić information content (AvgIpc) is 2.40. The van der Waals surface area contributed by atoms with E-state index in [2.05, 4.69) is 17.0 Å². The van der Waals surface area contributed by atoms with Gasteiger partial charge in [-0.2, -0.15) is 0 Å². The number of Topliss-reactive ketones (excluding diaryl/α,β-unsaturated/α-hetero) is 1. The smallest absolute Gasteiger partial charge is 0.138 e. The first kappa shape index (κ1) is 13.1. The number of hydrogen-bond donors (Lipinski definition) is 0. The summed E-state index contributed by atoms with van der Waals surface area (Å²) in [6.45, 7) is 4.86. The van der Waals surface area contributed by atoms with Crippen molar-refractivity contribution < 1.29 is 9.53 Å². The number of rotatable bonds is 4. The zero-order valence-electron chi connectivity index (χ0n) is 11.2. The highest BCUT2D eigenvalue weighted by molar-refractivity contribution is 5.81. The fraction of sp³-hybridized carbons (Fsp3) is 0.533. The van der Waals surface area contributed by atoms with Gasteiger partial charge in [-0.25, -0.2) is 0 Å². The van der Waals surface area contributed by atoms with E-state index >= 15 is 0 Å². The first-order valence-corrected chi connectivity index (χ1v) is 6.57. The fourth-order valence-electron chi connectivity index (χ4n) is 2.41. The molecule has 18 heavy (non-hydrogen) atoms. The Hall–Kier alpha value is -1.35. The number of ether oxygens (including phenoxy) is 1. The maximum Gasteiger partial charge on any atom is 0.138 e. The Bertz CT molecular complexity index is 417. The monoisotopic (exact) mass is 247 g/mol. The van der Waals surface area contributed by atoms with E-state index in [0.717, 1.165) is 31.8 Å². The van der Waals surface area contributed by atoms with Gasteiger partial charge in [0.1, 0.15) is 11.5 Å². The lowest BCUT2D eigenvalue weighted by Gasteiger charge is -2.29. The Kier molecular flexibility index (Phi) is 4.37. The molecule has 0 N–H and O–H groups in total. The van der Waals surface area contributed by atoms with Crippen LogP contribution in [-0.4, -0.2) is 37.4 Å². The number of methoxy groups -OCH3 is 1. The normalized spacial score (nSPS) is 21.0. The number of ketones is 1. The molecule has 1 saturated heterocycles. The molecule has 1 aliphatic heterocycles. The van der Waals surface area contributed by atoms with Crippen LogP contribution in [0.4, 0.5) is 0 Å². The van der Waals surface area contributed by atoms with Crippen molar-refractivity contribution in [2.24, 2.45) is 5.92 Å². The second-order valence-electron chi connectivity index (χ2n) is 5.02. The molecule has 1 unspecified atom stereocenters. The third-order valence-corrected chi connectivity index (χ3v) is 3.61. The molecule has 98 valence electrons. The highest BCUT2D eigenvalue weighted by Crippen LogP contribution is 2.15. The molecule has 1 aromatic rings. The van der Waals surface area contributed by atoms with Gasteiger partial charge in [0, 0.05) is 32.0 Å². The molecular weight excluding hydrogens is 226 g/mol. The van der Waals surface area contributed by atoms with Gasteiger partial charge in [0.15, 0.2) is 0 Å². The van der Waals surface area contributed by atoms with E-state index < -0.39 is 0 Å². The molecule has 0 radical (unpaired) electrons. The highest BCUT2D eigenvalue weighted by Gasteiger charge is 2.22. The summed E-state index contributed by atoms with van der Waals surface area (Å²) < 4.78 is 5.22. The van der Waals surface area contributed by atoms with Gasteiger partial charge in [-0.15, -0.1) is 0 Å². The predicted molar refractivity (Wildman–Crippen MR) is 71.9 cm³/mol. The number of hydrogen-bond acceptors (Lipinski definition) is 3. The molecule has 0 bridgehead atoms. The number of carbonyl (C=O) groups is 1. The van der Waals surface area contributed by atoms with Gasteiger partial charge in [-0.3, -0.25) is 4.79 Å². The van der Waals surface area contributed by atoms with Gasteiger partial charge in [0.25, 0.3) is 0 Å². The van der Waals surface area contributed by atoms with Crippen molar-refractivity contribution in [2.45, 2.75) is 19.8 Å². The third kappa shape index (κ3) is 3.33. The molecule has 0 spiro atoms. The minimum absolute atomic E-state index is 0.198. The van der Waals surface area contributed by atoms with Crippen LogP contribution in [0.25, 0.3) is 0 Å². The molecule has 2 rings (SSSR count). The Balaban J connectivity index is 1.85. The molecule has 0 aromatic heterocycles. The molecule has 1 aromatic carbocycles. The lowest BCUT2D eigenvalue weighted by atomic mass is 9.98. The van der Waals surface area contributed by atoms with Crippen molar-refractivity contribution in [3.05, 3.63) is 29.8 Å². The Morgan fingerprint density at radius 1 is 1.44 bits per heavy atom. The maximum absolute atomic E-state index is 11.5. The summed E-state index contributed by atoms with van der Waals surface area (Å²) >= 11 is 0. The van der Waals surface area contributed by atoms with Crippen molar-refractivity contribution in [1.82, 2.24) is 4.90 Å². The number of carbonyl (C=O) groups excluding carboxylic acids is 1. The van der Waals surface area contributed by atoms with Gasteiger partial charge in [0.2, 0.25) is 0 Å². The summed E-state index contributed by atoms with van der Waals surface area (Å²) in [6, 6.07) is 8.20. The van der Waals surface area contributed by atoms with Crippen molar-refractivity contribution in [1.29, 1.82) is 0 Å². The minimum atomic E-state index is 0.198. The second kappa shape index (κ2) is 6.01. The molecule has 0 saturated carbocycles. The number of piperidine rings is 1. The van der Waals surface area contributed by atoms with Crippen LogP contribution in [0.2, 0.25) is 0 Å². The maximum atomic E-state index is 11.5. The number of benzene rings is 1. The largest absolute Gasteiger partial charge is 0.497 e. The Morgan fingerprint density at radius 3 is 3.00 bits per heavy atom. The molecular formula is C15H21NO2. The van der Waals surface area contributed by atoms with E-state index in [0.29, 0.717) is 12.2 Å². The van der Waals surface area contributed by atoms with Crippen LogP contribution < -0.4 is 4.74 Å². The Labute approximate surface area is 109 Å². The zero-order valence-corrected chi connectivity index (χ0v) is 11.2. The van der Waals surface area contributed by atoms with E-state index in [9.17, 15) is 4.79 Å². The average molecular weight is 247 g/mol. The van der Waals surface area contributed by atoms with Crippen LogP contribution in [0.5, 0.6) is 5.75 Å². The molecule has 3 nitrogen and oxygen atoms in total. The summed E-state index contributed by atoms with van der Waals surface area (Å²) in [6.07, 6.45) is 1.72. The van der Waals surface area contributed by atoms with Gasteiger partial charge in [-0.1, -0.05) is 19.1 Å². The van der Waals surface area contributed by atoms with E-state index in [-0.39, 0.29) is 5.92 Å². The van der Waals surface area contributed by atoms with Crippen LogP contribution in [0.1, 0.15) is 18.9 Å². The summed E-state index contributed by atoms with van der Waals surface area (Å²) in [5.74, 6) is 1.52. The van der Waals surface area contributed by atoms with Gasteiger partial charge in [0.05, 0.1) is 7.11 Å².